The Balaban J connectivity index is 1.63. The van der Waals surface area contributed by atoms with Gasteiger partial charge < -0.3 is 19.5 Å². The van der Waals surface area contributed by atoms with Gasteiger partial charge in [0.2, 0.25) is 0 Å². The van der Waals surface area contributed by atoms with Crippen LogP contribution < -0.4 is 14.8 Å². The number of methoxy groups -OCH3 is 1. The van der Waals surface area contributed by atoms with Crippen molar-refractivity contribution in [1.29, 1.82) is 0 Å². The molecule has 0 atom stereocenters. The monoisotopic (exact) mass is 411 g/mol. The molecular weight excluding hydrogens is 393 g/mol. The van der Waals surface area contributed by atoms with E-state index in [9.17, 15) is 9.59 Å². The Labute approximate surface area is 167 Å². The van der Waals surface area contributed by atoms with Crippen molar-refractivity contribution < 1.29 is 23.8 Å². The summed E-state index contributed by atoms with van der Waals surface area (Å²) in [5.74, 6) is 0.459. The maximum Gasteiger partial charge on any atom is 0.306 e. The fourth-order valence-corrected chi connectivity index (χ4v) is 2.53. The number of anilines is 1. The quantitative estimate of drug-likeness (QED) is 0.490. The van der Waals surface area contributed by atoms with Crippen LogP contribution in [0.4, 0.5) is 5.69 Å². The molecule has 2 aromatic rings. The molecule has 0 radical (unpaired) electrons. The summed E-state index contributed by atoms with van der Waals surface area (Å²) in [6.07, 6.45) is 0.612. The third-order valence-corrected chi connectivity index (χ3v) is 3.97. The lowest BCUT2D eigenvalue weighted by atomic mass is 10.3. The topological polar surface area (TPSA) is 73.9 Å². The van der Waals surface area contributed by atoms with Gasteiger partial charge in [0.25, 0.3) is 5.91 Å². The molecule has 2 aromatic carbocycles. The van der Waals surface area contributed by atoms with Gasteiger partial charge in [-0.1, -0.05) is 23.2 Å². The summed E-state index contributed by atoms with van der Waals surface area (Å²) in [5.41, 5.74) is 0.398. The minimum Gasteiger partial charge on any atom is -0.497 e. The van der Waals surface area contributed by atoms with Gasteiger partial charge in [-0.2, -0.15) is 0 Å². The molecule has 1 N–H and O–H groups in total. The zero-order valence-corrected chi connectivity index (χ0v) is 16.2. The highest BCUT2D eigenvalue weighted by atomic mass is 35.5. The summed E-state index contributed by atoms with van der Waals surface area (Å²) < 4.78 is 15.5. The van der Waals surface area contributed by atoms with Crippen molar-refractivity contribution >= 4 is 40.8 Å². The van der Waals surface area contributed by atoms with Gasteiger partial charge in [-0.15, -0.1) is 0 Å². The molecule has 0 aliphatic carbocycles. The second-order valence-corrected chi connectivity index (χ2v) is 6.30. The van der Waals surface area contributed by atoms with Crippen LogP contribution in [0.5, 0.6) is 11.5 Å². The minimum atomic E-state index is -0.484. The van der Waals surface area contributed by atoms with Crippen molar-refractivity contribution in [3.05, 3.63) is 52.5 Å². The summed E-state index contributed by atoms with van der Waals surface area (Å²) in [6.45, 7) is -0.0366. The number of carbonyl (C=O) groups excluding carboxylic acids is 2. The summed E-state index contributed by atoms with van der Waals surface area (Å²) in [7, 11) is 1.59. The Morgan fingerprint density at radius 2 is 1.74 bits per heavy atom. The first kappa shape index (κ1) is 20.9. The van der Waals surface area contributed by atoms with Gasteiger partial charge in [0.1, 0.15) is 11.5 Å². The summed E-state index contributed by atoms with van der Waals surface area (Å²) in [4.78, 5) is 23.5. The van der Waals surface area contributed by atoms with Crippen LogP contribution in [0.15, 0.2) is 42.5 Å². The van der Waals surface area contributed by atoms with E-state index in [0.717, 1.165) is 5.75 Å². The molecule has 0 unspecified atom stereocenters. The smallest absolute Gasteiger partial charge is 0.306 e. The van der Waals surface area contributed by atoms with E-state index >= 15 is 0 Å². The molecule has 27 heavy (non-hydrogen) atoms. The van der Waals surface area contributed by atoms with Gasteiger partial charge in [0.05, 0.1) is 24.4 Å². The van der Waals surface area contributed by atoms with E-state index in [4.69, 9.17) is 37.4 Å². The fourth-order valence-electron chi connectivity index (χ4n) is 2.07. The van der Waals surface area contributed by atoms with Gasteiger partial charge in [-0.3, -0.25) is 9.59 Å². The van der Waals surface area contributed by atoms with Crippen LogP contribution in [-0.4, -0.2) is 32.2 Å². The van der Waals surface area contributed by atoms with Gasteiger partial charge in [-0.05, 0) is 48.9 Å². The predicted molar refractivity (Wildman–Crippen MR) is 104 cm³/mol. The average Bonchev–Trinajstić information content (AvgIpc) is 2.66. The van der Waals surface area contributed by atoms with Crippen LogP contribution >= 0.6 is 23.2 Å². The number of esters is 1. The van der Waals surface area contributed by atoms with Crippen molar-refractivity contribution in [1.82, 2.24) is 0 Å². The van der Waals surface area contributed by atoms with E-state index in [1.807, 2.05) is 0 Å². The van der Waals surface area contributed by atoms with Gasteiger partial charge >= 0.3 is 5.97 Å². The molecule has 6 nitrogen and oxygen atoms in total. The Hall–Kier alpha value is -2.44. The summed E-state index contributed by atoms with van der Waals surface area (Å²) in [5, 5.41) is 3.31. The Morgan fingerprint density at radius 1 is 1.04 bits per heavy atom. The number of ether oxygens (including phenoxy) is 3. The van der Waals surface area contributed by atoms with Crippen LogP contribution in [0, 0.1) is 0 Å². The normalized spacial score (nSPS) is 10.2. The van der Waals surface area contributed by atoms with Gasteiger partial charge in [-0.25, -0.2) is 0 Å². The van der Waals surface area contributed by atoms with E-state index in [0.29, 0.717) is 34.5 Å². The number of hydrogen-bond acceptors (Lipinski definition) is 5. The van der Waals surface area contributed by atoms with E-state index in [-0.39, 0.29) is 6.42 Å². The van der Waals surface area contributed by atoms with Crippen LogP contribution in [0.3, 0.4) is 0 Å². The van der Waals surface area contributed by atoms with Crippen LogP contribution in [0.2, 0.25) is 10.0 Å². The second-order valence-electron chi connectivity index (χ2n) is 5.46. The number of amides is 1. The Bertz CT molecular complexity index is 780. The second kappa shape index (κ2) is 10.6. The van der Waals surface area contributed by atoms with E-state index < -0.39 is 18.5 Å². The highest BCUT2D eigenvalue weighted by molar-refractivity contribution is 6.36. The number of hydrogen-bond donors (Lipinski definition) is 1. The molecule has 0 bridgehead atoms. The molecule has 2 rings (SSSR count). The molecule has 0 fully saturated rings. The SMILES string of the molecule is COc1ccc(OCCCC(=O)OCC(=O)Nc2ccc(Cl)cc2Cl)cc1. The van der Waals surface area contributed by atoms with Crippen molar-refractivity contribution in [3.8, 4) is 11.5 Å². The maximum atomic E-state index is 11.8. The molecule has 0 aliphatic rings. The van der Waals surface area contributed by atoms with Gasteiger partial charge in [0.15, 0.2) is 6.61 Å². The van der Waals surface area contributed by atoms with Crippen molar-refractivity contribution in [2.24, 2.45) is 0 Å². The third kappa shape index (κ3) is 7.37. The molecule has 0 aliphatic heterocycles. The maximum absolute atomic E-state index is 11.8. The highest BCUT2D eigenvalue weighted by Crippen LogP contribution is 2.25. The molecule has 144 valence electrons. The molecule has 0 aromatic heterocycles. The molecule has 0 spiro atoms. The van der Waals surface area contributed by atoms with E-state index in [1.54, 1.807) is 43.5 Å². The van der Waals surface area contributed by atoms with Crippen LogP contribution in [0.25, 0.3) is 0 Å². The van der Waals surface area contributed by atoms with Crippen molar-refractivity contribution in [2.45, 2.75) is 12.8 Å². The Kier molecular flexibility index (Phi) is 8.23. The highest BCUT2D eigenvalue weighted by Gasteiger charge is 2.10. The van der Waals surface area contributed by atoms with Crippen LogP contribution in [-0.2, 0) is 14.3 Å². The lowest BCUT2D eigenvalue weighted by Gasteiger charge is -2.09. The van der Waals surface area contributed by atoms with E-state index in [1.165, 1.54) is 6.07 Å². The lowest BCUT2D eigenvalue weighted by Crippen LogP contribution is -2.21. The summed E-state index contributed by atoms with van der Waals surface area (Å²) >= 11 is 11.7. The van der Waals surface area contributed by atoms with Crippen molar-refractivity contribution in [2.75, 3.05) is 25.6 Å². The van der Waals surface area contributed by atoms with Crippen LogP contribution in [0.1, 0.15) is 12.8 Å². The standard InChI is InChI=1S/C19H19Cl2NO5/c1-25-14-5-7-15(8-6-14)26-10-2-3-19(24)27-12-18(23)22-17-9-4-13(20)11-16(17)21/h4-9,11H,2-3,10,12H2,1H3,(H,22,23). The Morgan fingerprint density at radius 3 is 2.41 bits per heavy atom. The molecule has 0 heterocycles. The lowest BCUT2D eigenvalue weighted by molar-refractivity contribution is -0.147. The predicted octanol–water partition coefficient (Wildman–Crippen LogP) is 4.34. The molecule has 0 saturated heterocycles. The van der Waals surface area contributed by atoms with Crippen molar-refractivity contribution in [3.63, 3.8) is 0 Å². The largest absolute Gasteiger partial charge is 0.497 e. The number of nitrogens with one attached hydrogen (secondary N) is 1. The molecule has 8 heteroatoms. The summed E-state index contributed by atoms with van der Waals surface area (Å²) in [6, 6.07) is 11.8. The third-order valence-electron chi connectivity index (χ3n) is 3.42. The number of rotatable bonds is 9. The number of carbonyl (C=O) groups is 2. The molecular formula is C19H19Cl2NO5. The van der Waals surface area contributed by atoms with E-state index in [2.05, 4.69) is 5.32 Å². The molecule has 0 saturated carbocycles. The average molecular weight is 412 g/mol. The first-order chi connectivity index (χ1) is 13.0. The zero-order valence-electron chi connectivity index (χ0n) is 14.7. The first-order valence-electron chi connectivity index (χ1n) is 8.15. The first-order valence-corrected chi connectivity index (χ1v) is 8.91. The number of halogens is 2. The zero-order chi connectivity index (χ0) is 19.6. The van der Waals surface area contributed by atoms with Gasteiger partial charge in [0, 0.05) is 11.4 Å². The molecule has 1 amide bonds. The fraction of sp³-hybridized carbons (Fsp3) is 0.263. The number of benzene rings is 2. The minimum absolute atomic E-state index is 0.144.